The molecule has 31 heavy (non-hydrogen) atoms. The summed E-state index contributed by atoms with van der Waals surface area (Å²) in [4.78, 5) is 10.9. The van der Waals surface area contributed by atoms with Gasteiger partial charge in [0.15, 0.2) is 0 Å². The van der Waals surface area contributed by atoms with Crippen molar-refractivity contribution in [3.8, 4) is 5.75 Å². The topological polar surface area (TPSA) is 70.5 Å². The second kappa shape index (κ2) is 10.5. The molecule has 0 unspecified atom stereocenters. The SMILES string of the molecule is Cc1cnc(CNCc2cccc(OC[C@H](O)CN3CCc4ccccc4C3)c2)cn1. The highest BCUT2D eigenvalue weighted by Crippen LogP contribution is 2.19. The quantitative estimate of drug-likeness (QED) is 0.557. The molecule has 0 saturated carbocycles. The molecule has 6 nitrogen and oxygen atoms in total. The van der Waals surface area contributed by atoms with Crippen molar-refractivity contribution in [3.63, 3.8) is 0 Å². The van der Waals surface area contributed by atoms with Crippen molar-refractivity contribution in [2.45, 2.75) is 39.1 Å². The average molecular weight is 419 g/mol. The molecule has 4 rings (SSSR count). The molecule has 1 atom stereocenters. The van der Waals surface area contributed by atoms with Crippen LogP contribution in [0.5, 0.6) is 5.75 Å². The summed E-state index contributed by atoms with van der Waals surface area (Å²) >= 11 is 0. The first-order valence-electron chi connectivity index (χ1n) is 10.8. The van der Waals surface area contributed by atoms with Crippen molar-refractivity contribution in [2.75, 3.05) is 19.7 Å². The van der Waals surface area contributed by atoms with Gasteiger partial charge in [0.1, 0.15) is 18.5 Å². The number of aliphatic hydroxyl groups excluding tert-OH is 1. The predicted octanol–water partition coefficient (Wildman–Crippen LogP) is 2.87. The van der Waals surface area contributed by atoms with Crippen LogP contribution in [-0.4, -0.2) is 45.8 Å². The lowest BCUT2D eigenvalue weighted by atomic mass is 10.00. The van der Waals surface area contributed by atoms with Crippen molar-refractivity contribution >= 4 is 0 Å². The number of nitrogens with zero attached hydrogens (tertiary/aromatic N) is 3. The van der Waals surface area contributed by atoms with E-state index in [1.165, 1.54) is 11.1 Å². The Bertz CT molecular complexity index is 977. The molecule has 2 aromatic carbocycles. The largest absolute Gasteiger partial charge is 0.491 e. The van der Waals surface area contributed by atoms with Gasteiger partial charge in [-0.2, -0.15) is 0 Å². The molecule has 162 valence electrons. The summed E-state index contributed by atoms with van der Waals surface area (Å²) in [5.74, 6) is 0.775. The zero-order chi connectivity index (χ0) is 21.5. The number of benzene rings is 2. The first-order chi connectivity index (χ1) is 15.2. The van der Waals surface area contributed by atoms with Gasteiger partial charge in [-0.15, -0.1) is 0 Å². The summed E-state index contributed by atoms with van der Waals surface area (Å²) in [7, 11) is 0. The third-order valence-corrected chi connectivity index (χ3v) is 5.49. The minimum Gasteiger partial charge on any atom is -0.491 e. The molecule has 6 heteroatoms. The van der Waals surface area contributed by atoms with Crippen LogP contribution in [0.3, 0.4) is 0 Å². The fraction of sp³-hybridized carbons (Fsp3) is 0.360. The summed E-state index contributed by atoms with van der Waals surface area (Å²) in [6.45, 7) is 6.07. The van der Waals surface area contributed by atoms with Crippen LogP contribution in [0.4, 0.5) is 0 Å². The van der Waals surface area contributed by atoms with E-state index in [1.54, 1.807) is 12.4 Å². The van der Waals surface area contributed by atoms with Gasteiger partial charge in [0.05, 0.1) is 11.4 Å². The van der Waals surface area contributed by atoms with Crippen LogP contribution in [0.2, 0.25) is 0 Å². The second-order valence-electron chi connectivity index (χ2n) is 8.12. The Morgan fingerprint density at radius 1 is 1.06 bits per heavy atom. The monoisotopic (exact) mass is 418 g/mol. The molecular formula is C25H30N4O2. The number of hydrogen-bond donors (Lipinski definition) is 2. The van der Waals surface area contributed by atoms with Crippen LogP contribution in [0, 0.1) is 6.92 Å². The van der Waals surface area contributed by atoms with Crippen LogP contribution >= 0.6 is 0 Å². The summed E-state index contributed by atoms with van der Waals surface area (Å²) in [6, 6.07) is 16.5. The van der Waals surface area contributed by atoms with E-state index in [0.717, 1.165) is 42.2 Å². The van der Waals surface area contributed by atoms with Crippen LogP contribution in [0.1, 0.15) is 28.1 Å². The molecule has 1 aliphatic heterocycles. The van der Waals surface area contributed by atoms with Gasteiger partial charge in [-0.3, -0.25) is 14.9 Å². The molecule has 0 aliphatic carbocycles. The summed E-state index contributed by atoms with van der Waals surface area (Å²) in [6.07, 6.45) is 4.09. The number of rotatable bonds is 9. The number of ether oxygens (including phenoxy) is 1. The number of nitrogens with one attached hydrogen (secondary N) is 1. The molecule has 0 saturated heterocycles. The average Bonchev–Trinajstić information content (AvgIpc) is 2.79. The zero-order valence-electron chi connectivity index (χ0n) is 18.0. The zero-order valence-corrected chi connectivity index (χ0v) is 18.0. The van der Waals surface area contributed by atoms with Gasteiger partial charge in [-0.25, -0.2) is 0 Å². The highest BCUT2D eigenvalue weighted by molar-refractivity contribution is 5.29. The standard InChI is InChI=1S/C25H30N4O2/c1-19-12-28-23(15-27-19)14-26-13-20-5-4-8-25(11-20)31-18-24(30)17-29-10-9-21-6-2-3-7-22(21)16-29/h2-8,11-12,15,24,26,30H,9-10,13-14,16-18H2,1H3/t24-/m1/s1. The molecule has 1 aliphatic rings. The van der Waals surface area contributed by atoms with Crippen molar-refractivity contribution in [1.29, 1.82) is 0 Å². The third-order valence-electron chi connectivity index (χ3n) is 5.49. The van der Waals surface area contributed by atoms with E-state index in [0.29, 0.717) is 19.6 Å². The maximum absolute atomic E-state index is 10.5. The Morgan fingerprint density at radius 2 is 1.94 bits per heavy atom. The van der Waals surface area contributed by atoms with Gasteiger partial charge in [0.25, 0.3) is 0 Å². The number of aromatic nitrogens is 2. The number of aliphatic hydroxyl groups is 1. The Labute approximate surface area is 183 Å². The number of aryl methyl sites for hydroxylation is 1. The molecular weight excluding hydrogens is 388 g/mol. The Kier molecular flexibility index (Phi) is 7.25. The first kappa shape index (κ1) is 21.4. The maximum Gasteiger partial charge on any atom is 0.119 e. The van der Waals surface area contributed by atoms with E-state index in [4.69, 9.17) is 4.74 Å². The van der Waals surface area contributed by atoms with Crippen LogP contribution < -0.4 is 10.1 Å². The fourth-order valence-corrected chi connectivity index (χ4v) is 3.84. The molecule has 2 heterocycles. The third kappa shape index (κ3) is 6.34. The fourth-order valence-electron chi connectivity index (χ4n) is 3.84. The molecule has 3 aromatic rings. The second-order valence-corrected chi connectivity index (χ2v) is 8.12. The highest BCUT2D eigenvalue weighted by atomic mass is 16.5. The lowest BCUT2D eigenvalue weighted by Gasteiger charge is -2.30. The van der Waals surface area contributed by atoms with E-state index in [-0.39, 0.29) is 6.61 Å². The van der Waals surface area contributed by atoms with Gasteiger partial charge >= 0.3 is 0 Å². The summed E-state index contributed by atoms with van der Waals surface area (Å²) in [5.41, 5.74) is 5.74. The predicted molar refractivity (Wildman–Crippen MR) is 121 cm³/mol. The molecule has 0 bridgehead atoms. The van der Waals surface area contributed by atoms with Gasteiger partial charge in [0, 0.05) is 45.1 Å². The van der Waals surface area contributed by atoms with Crippen LogP contribution in [0.25, 0.3) is 0 Å². The van der Waals surface area contributed by atoms with Gasteiger partial charge in [0.2, 0.25) is 0 Å². The minimum atomic E-state index is -0.521. The number of hydrogen-bond acceptors (Lipinski definition) is 6. The maximum atomic E-state index is 10.5. The Hall–Kier alpha value is -2.80. The molecule has 0 spiro atoms. The number of β-amino-alcohol motifs (C(OH)–C–C–N with tert-alkyl or cyclic N) is 1. The molecule has 0 amide bonds. The van der Waals surface area contributed by atoms with Crippen molar-refractivity contribution in [1.82, 2.24) is 20.2 Å². The van der Waals surface area contributed by atoms with Crippen molar-refractivity contribution < 1.29 is 9.84 Å². The summed E-state index contributed by atoms with van der Waals surface area (Å²) < 4.78 is 5.87. The van der Waals surface area contributed by atoms with E-state index < -0.39 is 6.10 Å². The van der Waals surface area contributed by atoms with Crippen LogP contribution in [0.15, 0.2) is 60.9 Å². The molecule has 0 fully saturated rings. The van der Waals surface area contributed by atoms with Crippen LogP contribution in [-0.2, 0) is 26.1 Å². The minimum absolute atomic E-state index is 0.286. The summed E-state index contributed by atoms with van der Waals surface area (Å²) in [5, 5.41) is 13.9. The smallest absolute Gasteiger partial charge is 0.119 e. The molecule has 1 aromatic heterocycles. The van der Waals surface area contributed by atoms with Crippen molar-refractivity contribution in [2.24, 2.45) is 0 Å². The lowest BCUT2D eigenvalue weighted by Crippen LogP contribution is -2.38. The lowest BCUT2D eigenvalue weighted by molar-refractivity contribution is 0.0637. The van der Waals surface area contributed by atoms with E-state index in [2.05, 4.69) is 50.5 Å². The van der Waals surface area contributed by atoms with Gasteiger partial charge in [-0.05, 0) is 42.2 Å². The molecule has 2 N–H and O–H groups in total. The highest BCUT2D eigenvalue weighted by Gasteiger charge is 2.18. The van der Waals surface area contributed by atoms with Gasteiger partial charge < -0.3 is 15.2 Å². The van der Waals surface area contributed by atoms with E-state index in [1.807, 2.05) is 25.1 Å². The normalized spacial score (nSPS) is 14.8. The molecule has 0 radical (unpaired) electrons. The van der Waals surface area contributed by atoms with Crippen molar-refractivity contribution in [3.05, 3.63) is 89.0 Å². The number of fused-ring (bicyclic) bond motifs is 1. The van der Waals surface area contributed by atoms with E-state index >= 15 is 0 Å². The van der Waals surface area contributed by atoms with E-state index in [9.17, 15) is 5.11 Å². The first-order valence-corrected chi connectivity index (χ1v) is 10.8. The van der Waals surface area contributed by atoms with Gasteiger partial charge in [-0.1, -0.05) is 36.4 Å². The Morgan fingerprint density at radius 3 is 2.77 bits per heavy atom. The Balaban J connectivity index is 1.21.